The molecule has 0 aliphatic carbocycles. The number of hydrogen-bond donors (Lipinski definition) is 1. The molecule has 0 spiro atoms. The molecule has 2 aliphatic heterocycles. The van der Waals surface area contributed by atoms with Crippen molar-refractivity contribution in [2.75, 3.05) is 32.8 Å². The van der Waals surface area contributed by atoms with Crippen molar-refractivity contribution < 1.29 is 4.74 Å². The molecule has 2 unspecified atom stereocenters. The van der Waals surface area contributed by atoms with Crippen LogP contribution in [-0.2, 0) is 4.74 Å². The van der Waals surface area contributed by atoms with E-state index in [2.05, 4.69) is 17.1 Å². The molecule has 2 heterocycles. The van der Waals surface area contributed by atoms with E-state index in [1.165, 1.54) is 38.8 Å². The third kappa shape index (κ3) is 3.44. The van der Waals surface area contributed by atoms with Crippen LogP contribution in [0.25, 0.3) is 0 Å². The second-order valence-electron chi connectivity index (χ2n) is 4.90. The summed E-state index contributed by atoms with van der Waals surface area (Å²) in [4.78, 5) is 2.62. The lowest BCUT2D eigenvalue weighted by Gasteiger charge is -2.33. The highest BCUT2D eigenvalue weighted by Gasteiger charge is 2.19. The minimum atomic E-state index is 0.616. The molecule has 2 saturated heterocycles. The van der Waals surface area contributed by atoms with Crippen molar-refractivity contribution in [2.45, 2.75) is 44.7 Å². The molecule has 0 saturated carbocycles. The van der Waals surface area contributed by atoms with Crippen molar-refractivity contribution in [1.29, 1.82) is 0 Å². The predicted octanol–water partition coefficient (Wildman–Crippen LogP) is 1.24. The zero-order chi connectivity index (χ0) is 10.5. The van der Waals surface area contributed by atoms with Gasteiger partial charge in [-0.25, -0.2) is 0 Å². The molecule has 2 fully saturated rings. The molecule has 1 N–H and O–H groups in total. The molecule has 2 rings (SSSR count). The Labute approximate surface area is 93.2 Å². The van der Waals surface area contributed by atoms with E-state index in [4.69, 9.17) is 4.74 Å². The lowest BCUT2D eigenvalue weighted by molar-refractivity contribution is 0.157. The van der Waals surface area contributed by atoms with Crippen LogP contribution >= 0.6 is 0 Å². The van der Waals surface area contributed by atoms with Gasteiger partial charge in [0.15, 0.2) is 0 Å². The van der Waals surface area contributed by atoms with Crippen LogP contribution in [0.5, 0.6) is 0 Å². The first-order valence-electron chi connectivity index (χ1n) is 6.41. The predicted molar refractivity (Wildman–Crippen MR) is 62.1 cm³/mol. The molecule has 0 radical (unpaired) electrons. The van der Waals surface area contributed by atoms with E-state index in [-0.39, 0.29) is 0 Å². The Hall–Kier alpha value is -0.120. The van der Waals surface area contributed by atoms with Crippen LogP contribution in [0, 0.1) is 0 Å². The number of nitrogens with zero attached hydrogens (tertiary/aromatic N) is 1. The van der Waals surface area contributed by atoms with E-state index in [9.17, 15) is 0 Å². The van der Waals surface area contributed by atoms with Gasteiger partial charge >= 0.3 is 0 Å². The Balaban J connectivity index is 1.59. The lowest BCUT2D eigenvalue weighted by Crippen LogP contribution is -2.43. The number of likely N-dealkylation sites (tertiary alicyclic amines) is 1. The molecule has 3 nitrogen and oxygen atoms in total. The Bertz CT molecular complexity index is 180. The van der Waals surface area contributed by atoms with Crippen LogP contribution in [0.2, 0.25) is 0 Å². The van der Waals surface area contributed by atoms with Crippen molar-refractivity contribution in [3.05, 3.63) is 0 Å². The van der Waals surface area contributed by atoms with Gasteiger partial charge in [0.2, 0.25) is 0 Å². The maximum atomic E-state index is 5.34. The monoisotopic (exact) mass is 212 g/mol. The first-order valence-corrected chi connectivity index (χ1v) is 6.41. The summed E-state index contributed by atoms with van der Waals surface area (Å²) in [5, 5.41) is 3.58. The molecular weight excluding hydrogens is 188 g/mol. The summed E-state index contributed by atoms with van der Waals surface area (Å²) < 4.78 is 5.34. The summed E-state index contributed by atoms with van der Waals surface area (Å²) in [5.74, 6) is 0. The maximum absolute atomic E-state index is 5.34. The lowest BCUT2D eigenvalue weighted by atomic mass is 10.0. The maximum Gasteiger partial charge on any atom is 0.0620 e. The molecule has 15 heavy (non-hydrogen) atoms. The van der Waals surface area contributed by atoms with E-state index in [1.807, 2.05) is 0 Å². The summed E-state index contributed by atoms with van der Waals surface area (Å²) in [7, 11) is 0. The summed E-state index contributed by atoms with van der Waals surface area (Å²) in [6.45, 7) is 7.84. The van der Waals surface area contributed by atoms with Crippen LogP contribution in [0.4, 0.5) is 0 Å². The van der Waals surface area contributed by atoms with E-state index < -0.39 is 0 Å². The standard InChI is InChI=1S/C12H24N2O/c1-11-4-2-3-7-14(11)8-6-13-12-5-9-15-10-12/h11-13H,2-10H2,1H3. The molecule has 2 aliphatic rings. The molecule has 0 aromatic heterocycles. The summed E-state index contributed by atoms with van der Waals surface area (Å²) >= 11 is 0. The highest BCUT2D eigenvalue weighted by molar-refractivity contribution is 4.76. The van der Waals surface area contributed by atoms with Crippen LogP contribution in [0.15, 0.2) is 0 Å². The first-order chi connectivity index (χ1) is 7.36. The second kappa shape index (κ2) is 5.83. The Morgan fingerprint density at radius 3 is 3.00 bits per heavy atom. The van der Waals surface area contributed by atoms with E-state index in [0.29, 0.717) is 6.04 Å². The average molecular weight is 212 g/mol. The molecular formula is C12H24N2O. The fourth-order valence-corrected chi connectivity index (χ4v) is 2.60. The number of piperidine rings is 1. The highest BCUT2D eigenvalue weighted by atomic mass is 16.5. The van der Waals surface area contributed by atoms with Gasteiger partial charge in [-0.05, 0) is 32.7 Å². The van der Waals surface area contributed by atoms with Gasteiger partial charge in [0.25, 0.3) is 0 Å². The quantitative estimate of drug-likeness (QED) is 0.759. The van der Waals surface area contributed by atoms with Gasteiger partial charge in [-0.15, -0.1) is 0 Å². The van der Waals surface area contributed by atoms with E-state index in [0.717, 1.165) is 25.8 Å². The second-order valence-corrected chi connectivity index (χ2v) is 4.90. The van der Waals surface area contributed by atoms with Crippen molar-refractivity contribution in [3.8, 4) is 0 Å². The zero-order valence-corrected chi connectivity index (χ0v) is 9.87. The van der Waals surface area contributed by atoms with Gasteiger partial charge < -0.3 is 10.1 Å². The number of ether oxygens (including phenoxy) is 1. The molecule has 0 amide bonds. The van der Waals surface area contributed by atoms with Crippen LogP contribution in [-0.4, -0.2) is 49.8 Å². The van der Waals surface area contributed by atoms with Gasteiger partial charge in [-0.3, -0.25) is 4.90 Å². The van der Waals surface area contributed by atoms with Gasteiger partial charge in [-0.2, -0.15) is 0 Å². The summed E-state index contributed by atoms with van der Waals surface area (Å²) in [6, 6.07) is 1.41. The van der Waals surface area contributed by atoms with Crippen molar-refractivity contribution in [2.24, 2.45) is 0 Å². The normalized spacial score (nSPS) is 33.4. The van der Waals surface area contributed by atoms with Crippen molar-refractivity contribution >= 4 is 0 Å². The van der Waals surface area contributed by atoms with Gasteiger partial charge in [0, 0.05) is 31.8 Å². The van der Waals surface area contributed by atoms with Crippen LogP contribution in [0.3, 0.4) is 0 Å². The average Bonchev–Trinajstić information content (AvgIpc) is 2.74. The molecule has 88 valence electrons. The highest BCUT2D eigenvalue weighted by Crippen LogP contribution is 2.15. The van der Waals surface area contributed by atoms with E-state index >= 15 is 0 Å². The molecule has 0 bridgehead atoms. The largest absolute Gasteiger partial charge is 0.380 e. The van der Waals surface area contributed by atoms with Gasteiger partial charge in [0.05, 0.1) is 6.61 Å². The number of rotatable bonds is 4. The zero-order valence-electron chi connectivity index (χ0n) is 9.87. The first kappa shape index (κ1) is 11.4. The third-order valence-corrected chi connectivity index (χ3v) is 3.70. The van der Waals surface area contributed by atoms with Crippen molar-refractivity contribution in [3.63, 3.8) is 0 Å². The van der Waals surface area contributed by atoms with Gasteiger partial charge in [0.1, 0.15) is 0 Å². The SMILES string of the molecule is CC1CCCCN1CCNC1CCOC1. The van der Waals surface area contributed by atoms with Crippen molar-refractivity contribution in [1.82, 2.24) is 10.2 Å². The number of hydrogen-bond acceptors (Lipinski definition) is 3. The Morgan fingerprint density at radius 2 is 2.27 bits per heavy atom. The topological polar surface area (TPSA) is 24.5 Å². The summed E-state index contributed by atoms with van der Waals surface area (Å²) in [5.41, 5.74) is 0. The van der Waals surface area contributed by atoms with E-state index in [1.54, 1.807) is 0 Å². The molecule has 3 heteroatoms. The Morgan fingerprint density at radius 1 is 1.33 bits per heavy atom. The Kier molecular flexibility index (Phi) is 4.42. The fourth-order valence-electron chi connectivity index (χ4n) is 2.60. The van der Waals surface area contributed by atoms with Gasteiger partial charge in [-0.1, -0.05) is 6.42 Å². The molecule has 2 atom stereocenters. The smallest absolute Gasteiger partial charge is 0.0620 e. The van der Waals surface area contributed by atoms with Crippen LogP contribution in [0.1, 0.15) is 32.6 Å². The molecule has 0 aromatic carbocycles. The molecule has 0 aromatic rings. The fraction of sp³-hybridized carbons (Fsp3) is 1.00. The third-order valence-electron chi connectivity index (χ3n) is 3.70. The summed E-state index contributed by atoms with van der Waals surface area (Å²) in [6.07, 6.45) is 5.38. The number of nitrogens with one attached hydrogen (secondary N) is 1. The minimum absolute atomic E-state index is 0.616. The van der Waals surface area contributed by atoms with Crippen LogP contribution < -0.4 is 5.32 Å². The minimum Gasteiger partial charge on any atom is -0.380 e.